The number of aliphatic hydroxyl groups is 1. The van der Waals surface area contributed by atoms with E-state index < -0.39 is 0 Å². The Labute approximate surface area is 151 Å². The fourth-order valence-electron chi connectivity index (χ4n) is 3.36. The Bertz CT molecular complexity index is 623. The Hall–Kier alpha value is -1.91. The van der Waals surface area contributed by atoms with E-state index in [0.29, 0.717) is 6.54 Å². The molecule has 0 bridgehead atoms. The molecule has 1 aliphatic heterocycles. The first-order valence-corrected chi connectivity index (χ1v) is 9.39. The smallest absolute Gasteiger partial charge is 0.128 e. The number of aromatic nitrogens is 1. The summed E-state index contributed by atoms with van der Waals surface area (Å²) in [6, 6.07) is 14.8. The zero-order chi connectivity index (χ0) is 17.5. The van der Waals surface area contributed by atoms with Crippen LogP contribution in [0.1, 0.15) is 37.3 Å². The third kappa shape index (κ3) is 5.28. The molecule has 2 heterocycles. The minimum atomic E-state index is -0.291. The molecule has 0 radical (unpaired) electrons. The number of benzene rings is 1. The minimum Gasteiger partial charge on any atom is -0.392 e. The maximum atomic E-state index is 10.1. The van der Waals surface area contributed by atoms with E-state index in [1.54, 1.807) is 0 Å². The van der Waals surface area contributed by atoms with Crippen LogP contribution in [0.2, 0.25) is 0 Å². The van der Waals surface area contributed by atoms with Gasteiger partial charge in [0.15, 0.2) is 0 Å². The number of nitrogens with zero attached hydrogens (tertiary/aromatic N) is 3. The van der Waals surface area contributed by atoms with Crippen LogP contribution in [0, 0.1) is 0 Å². The Morgan fingerprint density at radius 3 is 2.40 bits per heavy atom. The molecule has 1 aliphatic rings. The third-order valence-electron chi connectivity index (χ3n) is 4.83. The van der Waals surface area contributed by atoms with Gasteiger partial charge in [0.25, 0.3) is 0 Å². The van der Waals surface area contributed by atoms with Gasteiger partial charge in [-0.2, -0.15) is 0 Å². The van der Waals surface area contributed by atoms with Crippen molar-refractivity contribution in [3.63, 3.8) is 0 Å². The van der Waals surface area contributed by atoms with Gasteiger partial charge in [-0.15, -0.1) is 0 Å². The molecule has 1 unspecified atom stereocenters. The average molecular weight is 339 g/mol. The lowest BCUT2D eigenvalue weighted by Crippen LogP contribution is -2.31. The second kappa shape index (κ2) is 8.97. The number of aliphatic hydroxyl groups excluding tert-OH is 1. The van der Waals surface area contributed by atoms with Crippen LogP contribution in [-0.4, -0.2) is 40.7 Å². The molecule has 4 heteroatoms. The first-order chi connectivity index (χ1) is 12.2. The highest BCUT2D eigenvalue weighted by Crippen LogP contribution is 2.18. The molecule has 1 atom stereocenters. The minimum absolute atomic E-state index is 0.291. The highest BCUT2D eigenvalue weighted by Gasteiger charge is 2.15. The van der Waals surface area contributed by atoms with Crippen molar-refractivity contribution in [2.45, 2.75) is 45.4 Å². The summed E-state index contributed by atoms with van der Waals surface area (Å²) in [7, 11) is 0. The summed E-state index contributed by atoms with van der Waals surface area (Å²) >= 11 is 0. The van der Waals surface area contributed by atoms with Crippen LogP contribution in [0.15, 0.2) is 48.7 Å². The first-order valence-electron chi connectivity index (χ1n) is 9.39. The van der Waals surface area contributed by atoms with E-state index in [9.17, 15) is 5.11 Å². The zero-order valence-corrected chi connectivity index (χ0v) is 15.1. The van der Waals surface area contributed by atoms with Gasteiger partial charge in [-0.25, -0.2) is 4.98 Å². The molecule has 1 fully saturated rings. The van der Waals surface area contributed by atoms with Gasteiger partial charge in [0.2, 0.25) is 0 Å². The van der Waals surface area contributed by atoms with Crippen LogP contribution in [0.3, 0.4) is 0 Å². The molecule has 0 amide bonds. The normalized spacial score (nSPS) is 15.7. The largest absolute Gasteiger partial charge is 0.392 e. The molecule has 25 heavy (non-hydrogen) atoms. The molecule has 3 rings (SSSR count). The maximum absolute atomic E-state index is 10.1. The molecule has 0 saturated carbocycles. The standard InChI is InChI=1S/C21H29N3O/c1-2-20(25)17-23(15-18-8-4-3-5-9-18)16-19-10-11-21(22-14-19)24-12-6-7-13-24/h3-5,8-11,14,20,25H,2,6-7,12-13,15-17H2,1H3. The van der Waals surface area contributed by atoms with E-state index in [4.69, 9.17) is 0 Å². The van der Waals surface area contributed by atoms with Crippen molar-refractivity contribution in [3.05, 3.63) is 59.8 Å². The second-order valence-corrected chi connectivity index (χ2v) is 6.94. The Kier molecular flexibility index (Phi) is 6.42. The quantitative estimate of drug-likeness (QED) is 0.799. The van der Waals surface area contributed by atoms with Gasteiger partial charge in [-0.1, -0.05) is 43.3 Å². The van der Waals surface area contributed by atoms with E-state index in [-0.39, 0.29) is 6.10 Å². The van der Waals surface area contributed by atoms with Crippen LogP contribution >= 0.6 is 0 Å². The van der Waals surface area contributed by atoms with E-state index in [2.05, 4.69) is 51.2 Å². The highest BCUT2D eigenvalue weighted by atomic mass is 16.3. The molecule has 1 aromatic carbocycles. The molecule has 1 saturated heterocycles. The SMILES string of the molecule is CCC(O)CN(Cc1ccccc1)Cc1ccc(N2CCCC2)nc1. The fraction of sp³-hybridized carbons (Fsp3) is 0.476. The molecule has 1 N–H and O–H groups in total. The van der Waals surface area contributed by atoms with Crippen molar-refractivity contribution in [1.82, 2.24) is 9.88 Å². The summed E-state index contributed by atoms with van der Waals surface area (Å²) in [5.74, 6) is 1.09. The first kappa shape index (κ1) is 17.9. The van der Waals surface area contributed by atoms with Crippen molar-refractivity contribution in [2.75, 3.05) is 24.5 Å². The van der Waals surface area contributed by atoms with E-state index in [1.807, 2.05) is 19.2 Å². The molecular weight excluding hydrogens is 310 g/mol. The number of pyridine rings is 1. The summed E-state index contributed by atoms with van der Waals surface area (Å²) in [5.41, 5.74) is 2.47. The van der Waals surface area contributed by atoms with E-state index >= 15 is 0 Å². The third-order valence-corrected chi connectivity index (χ3v) is 4.83. The van der Waals surface area contributed by atoms with Gasteiger partial charge in [-0.3, -0.25) is 4.90 Å². The van der Waals surface area contributed by atoms with Gasteiger partial charge < -0.3 is 10.0 Å². The summed E-state index contributed by atoms with van der Waals surface area (Å²) in [6.45, 7) is 6.59. The van der Waals surface area contributed by atoms with E-state index in [1.165, 1.54) is 24.0 Å². The predicted molar refractivity (Wildman–Crippen MR) is 103 cm³/mol. The summed E-state index contributed by atoms with van der Waals surface area (Å²) < 4.78 is 0. The Balaban J connectivity index is 1.65. The molecule has 4 nitrogen and oxygen atoms in total. The van der Waals surface area contributed by atoms with Crippen molar-refractivity contribution in [1.29, 1.82) is 0 Å². The van der Waals surface area contributed by atoms with Gasteiger partial charge in [0, 0.05) is 38.9 Å². The van der Waals surface area contributed by atoms with Crippen LogP contribution in [0.4, 0.5) is 5.82 Å². The number of hydrogen-bond acceptors (Lipinski definition) is 4. The maximum Gasteiger partial charge on any atom is 0.128 e. The molecule has 2 aromatic rings. The highest BCUT2D eigenvalue weighted by molar-refractivity contribution is 5.40. The lowest BCUT2D eigenvalue weighted by atomic mass is 10.1. The molecule has 134 valence electrons. The Morgan fingerprint density at radius 1 is 1.04 bits per heavy atom. The summed E-state index contributed by atoms with van der Waals surface area (Å²) in [5, 5.41) is 10.1. The van der Waals surface area contributed by atoms with Gasteiger partial charge >= 0.3 is 0 Å². The number of rotatable bonds is 8. The number of hydrogen-bond donors (Lipinski definition) is 1. The second-order valence-electron chi connectivity index (χ2n) is 6.94. The number of anilines is 1. The molecule has 0 aliphatic carbocycles. The monoisotopic (exact) mass is 339 g/mol. The van der Waals surface area contributed by atoms with Gasteiger partial charge in [0.1, 0.15) is 5.82 Å². The Morgan fingerprint density at radius 2 is 1.76 bits per heavy atom. The van der Waals surface area contributed by atoms with Crippen LogP contribution in [-0.2, 0) is 13.1 Å². The molecule has 0 spiro atoms. The molecular formula is C21H29N3O. The zero-order valence-electron chi connectivity index (χ0n) is 15.1. The predicted octanol–water partition coefficient (Wildman–Crippen LogP) is 3.45. The van der Waals surface area contributed by atoms with Gasteiger partial charge in [-0.05, 0) is 36.5 Å². The van der Waals surface area contributed by atoms with Crippen LogP contribution in [0.25, 0.3) is 0 Å². The summed E-state index contributed by atoms with van der Waals surface area (Å²) in [4.78, 5) is 9.31. The lowest BCUT2D eigenvalue weighted by molar-refractivity contribution is 0.101. The molecule has 1 aromatic heterocycles. The summed E-state index contributed by atoms with van der Waals surface area (Å²) in [6.07, 6.45) is 5.01. The lowest BCUT2D eigenvalue weighted by Gasteiger charge is -2.25. The van der Waals surface area contributed by atoms with E-state index in [0.717, 1.165) is 38.4 Å². The fourth-order valence-corrected chi connectivity index (χ4v) is 3.36. The van der Waals surface area contributed by atoms with Gasteiger partial charge in [0.05, 0.1) is 6.10 Å². The van der Waals surface area contributed by atoms with Crippen LogP contribution < -0.4 is 4.90 Å². The van der Waals surface area contributed by atoms with Crippen molar-refractivity contribution >= 4 is 5.82 Å². The van der Waals surface area contributed by atoms with Crippen molar-refractivity contribution < 1.29 is 5.11 Å². The van der Waals surface area contributed by atoms with Crippen LogP contribution in [0.5, 0.6) is 0 Å². The average Bonchev–Trinajstić information content (AvgIpc) is 3.18. The van der Waals surface area contributed by atoms with Crippen molar-refractivity contribution in [3.8, 4) is 0 Å². The van der Waals surface area contributed by atoms with Crippen molar-refractivity contribution in [2.24, 2.45) is 0 Å². The topological polar surface area (TPSA) is 39.6 Å².